The summed E-state index contributed by atoms with van der Waals surface area (Å²) in [5, 5.41) is 2.94. The molecule has 4 heteroatoms. The van der Waals surface area contributed by atoms with Crippen molar-refractivity contribution in [3.05, 3.63) is 29.3 Å². The Morgan fingerprint density at radius 1 is 1.10 bits per heavy atom. The molecule has 1 heterocycles. The zero-order valence-corrected chi connectivity index (χ0v) is 12.8. The largest absolute Gasteiger partial charge is 0.368 e. The summed E-state index contributed by atoms with van der Waals surface area (Å²) in [6.45, 7) is 10.5. The highest BCUT2D eigenvalue weighted by Gasteiger charge is 2.20. The SMILES string of the molecule is CCCNC(=O)N1CCN(c2cc(C)cc(C)c2)CC1. The number of rotatable bonds is 3. The third kappa shape index (κ3) is 3.65. The van der Waals surface area contributed by atoms with Crippen molar-refractivity contribution in [1.29, 1.82) is 0 Å². The van der Waals surface area contributed by atoms with Crippen LogP contribution < -0.4 is 10.2 Å². The number of anilines is 1. The molecule has 0 spiro atoms. The third-order valence-electron chi connectivity index (χ3n) is 3.66. The second-order valence-electron chi connectivity index (χ2n) is 5.55. The van der Waals surface area contributed by atoms with Crippen LogP contribution in [0.25, 0.3) is 0 Å². The van der Waals surface area contributed by atoms with Crippen molar-refractivity contribution in [3.63, 3.8) is 0 Å². The molecule has 1 aliphatic heterocycles. The maximum atomic E-state index is 11.9. The first-order valence-corrected chi connectivity index (χ1v) is 7.46. The van der Waals surface area contributed by atoms with Gasteiger partial charge in [-0.15, -0.1) is 0 Å². The molecule has 0 bridgehead atoms. The van der Waals surface area contributed by atoms with Gasteiger partial charge in [0.05, 0.1) is 0 Å². The number of hydrogen-bond donors (Lipinski definition) is 1. The van der Waals surface area contributed by atoms with Gasteiger partial charge < -0.3 is 15.1 Å². The molecule has 1 aromatic carbocycles. The van der Waals surface area contributed by atoms with Crippen molar-refractivity contribution in [2.75, 3.05) is 37.6 Å². The molecule has 4 nitrogen and oxygen atoms in total. The van der Waals surface area contributed by atoms with Gasteiger partial charge in [-0.3, -0.25) is 0 Å². The number of amides is 2. The lowest BCUT2D eigenvalue weighted by Crippen LogP contribution is -2.52. The summed E-state index contributed by atoms with van der Waals surface area (Å²) in [5.74, 6) is 0. The Kier molecular flexibility index (Phi) is 4.88. The van der Waals surface area contributed by atoms with Gasteiger partial charge in [0, 0.05) is 38.4 Å². The van der Waals surface area contributed by atoms with Crippen molar-refractivity contribution >= 4 is 11.7 Å². The van der Waals surface area contributed by atoms with Crippen LogP contribution in [0.2, 0.25) is 0 Å². The van der Waals surface area contributed by atoms with Crippen molar-refractivity contribution in [2.24, 2.45) is 0 Å². The number of carbonyl (C=O) groups is 1. The van der Waals surface area contributed by atoms with E-state index in [2.05, 4.69) is 49.2 Å². The molecule has 1 fully saturated rings. The number of aryl methyl sites for hydroxylation is 2. The predicted molar refractivity (Wildman–Crippen MR) is 83.4 cm³/mol. The molecule has 0 saturated carbocycles. The van der Waals surface area contributed by atoms with Gasteiger partial charge in [-0.25, -0.2) is 4.79 Å². The minimum atomic E-state index is 0.0759. The zero-order valence-electron chi connectivity index (χ0n) is 12.8. The van der Waals surface area contributed by atoms with E-state index in [0.717, 1.165) is 39.1 Å². The number of piperazine rings is 1. The fourth-order valence-corrected chi connectivity index (χ4v) is 2.64. The highest BCUT2D eigenvalue weighted by atomic mass is 16.2. The summed E-state index contributed by atoms with van der Waals surface area (Å²) in [7, 11) is 0. The smallest absolute Gasteiger partial charge is 0.317 e. The average Bonchev–Trinajstić information content (AvgIpc) is 2.44. The van der Waals surface area contributed by atoms with E-state index in [4.69, 9.17) is 0 Å². The third-order valence-corrected chi connectivity index (χ3v) is 3.66. The van der Waals surface area contributed by atoms with Crippen LogP contribution in [0.3, 0.4) is 0 Å². The number of hydrogen-bond acceptors (Lipinski definition) is 2. The Morgan fingerprint density at radius 3 is 2.25 bits per heavy atom. The van der Waals surface area contributed by atoms with E-state index in [0.29, 0.717) is 0 Å². The average molecular weight is 275 g/mol. The second-order valence-corrected chi connectivity index (χ2v) is 5.55. The standard InChI is InChI=1S/C16H25N3O/c1-4-5-17-16(20)19-8-6-18(7-9-19)15-11-13(2)10-14(3)12-15/h10-12H,4-9H2,1-3H3,(H,17,20). The van der Waals surface area contributed by atoms with E-state index in [1.54, 1.807) is 0 Å². The molecule has 1 aromatic rings. The van der Waals surface area contributed by atoms with E-state index < -0.39 is 0 Å². The fourth-order valence-electron chi connectivity index (χ4n) is 2.64. The molecule has 1 N–H and O–H groups in total. The maximum Gasteiger partial charge on any atom is 0.317 e. The number of urea groups is 1. The summed E-state index contributed by atoms with van der Waals surface area (Å²) in [4.78, 5) is 16.2. The Bertz CT molecular complexity index is 445. The molecular formula is C16H25N3O. The first-order valence-electron chi connectivity index (χ1n) is 7.46. The van der Waals surface area contributed by atoms with Crippen molar-refractivity contribution in [2.45, 2.75) is 27.2 Å². The summed E-state index contributed by atoms with van der Waals surface area (Å²) in [6, 6.07) is 6.71. The molecule has 0 radical (unpaired) electrons. The topological polar surface area (TPSA) is 35.6 Å². The lowest BCUT2D eigenvalue weighted by atomic mass is 10.1. The van der Waals surface area contributed by atoms with Crippen molar-refractivity contribution in [1.82, 2.24) is 10.2 Å². The summed E-state index contributed by atoms with van der Waals surface area (Å²) in [6.07, 6.45) is 0.980. The lowest BCUT2D eigenvalue weighted by Gasteiger charge is -2.36. The van der Waals surface area contributed by atoms with Crippen LogP contribution in [0.4, 0.5) is 10.5 Å². The van der Waals surface area contributed by atoms with Gasteiger partial charge in [0.2, 0.25) is 0 Å². The Morgan fingerprint density at radius 2 is 1.70 bits per heavy atom. The molecular weight excluding hydrogens is 250 g/mol. The molecule has 0 aromatic heterocycles. The van der Waals surface area contributed by atoms with Crippen LogP contribution in [0.1, 0.15) is 24.5 Å². The number of benzene rings is 1. The van der Waals surface area contributed by atoms with Crippen molar-refractivity contribution in [3.8, 4) is 0 Å². The monoisotopic (exact) mass is 275 g/mol. The summed E-state index contributed by atoms with van der Waals surface area (Å²) < 4.78 is 0. The normalized spacial score (nSPS) is 15.3. The molecule has 2 amide bonds. The minimum Gasteiger partial charge on any atom is -0.368 e. The number of nitrogens with zero attached hydrogens (tertiary/aromatic N) is 2. The predicted octanol–water partition coefficient (Wildman–Crippen LogP) is 2.55. The number of carbonyl (C=O) groups excluding carboxylic acids is 1. The van der Waals surface area contributed by atoms with Gasteiger partial charge in [0.1, 0.15) is 0 Å². The Hall–Kier alpha value is -1.71. The molecule has 20 heavy (non-hydrogen) atoms. The highest BCUT2D eigenvalue weighted by molar-refractivity contribution is 5.74. The van der Waals surface area contributed by atoms with Gasteiger partial charge in [-0.1, -0.05) is 13.0 Å². The van der Waals surface area contributed by atoms with Gasteiger partial charge in [0.25, 0.3) is 0 Å². The van der Waals surface area contributed by atoms with E-state index in [-0.39, 0.29) is 6.03 Å². The van der Waals surface area contributed by atoms with Crippen molar-refractivity contribution < 1.29 is 4.79 Å². The van der Waals surface area contributed by atoms with Crippen LogP contribution >= 0.6 is 0 Å². The molecule has 1 saturated heterocycles. The Balaban J connectivity index is 1.92. The van der Waals surface area contributed by atoms with Gasteiger partial charge in [0.15, 0.2) is 0 Å². The summed E-state index contributed by atoms with van der Waals surface area (Å²) in [5.41, 5.74) is 3.86. The van der Waals surface area contributed by atoms with Crippen LogP contribution in [0.15, 0.2) is 18.2 Å². The first-order chi connectivity index (χ1) is 9.60. The fraction of sp³-hybridized carbons (Fsp3) is 0.562. The maximum absolute atomic E-state index is 11.9. The minimum absolute atomic E-state index is 0.0759. The Labute approximate surface area is 121 Å². The van der Waals surface area contributed by atoms with E-state index in [9.17, 15) is 4.79 Å². The molecule has 1 aliphatic rings. The molecule has 110 valence electrons. The molecule has 0 unspecified atom stereocenters. The molecule has 0 aliphatic carbocycles. The highest BCUT2D eigenvalue weighted by Crippen LogP contribution is 2.20. The first kappa shape index (κ1) is 14.7. The molecule has 0 atom stereocenters. The van der Waals surface area contributed by atoms with Crippen LogP contribution in [0, 0.1) is 13.8 Å². The van der Waals surface area contributed by atoms with E-state index in [1.807, 2.05) is 4.90 Å². The van der Waals surface area contributed by atoms with Crippen LogP contribution in [-0.2, 0) is 0 Å². The van der Waals surface area contributed by atoms with Crippen LogP contribution in [-0.4, -0.2) is 43.7 Å². The van der Waals surface area contributed by atoms with E-state index >= 15 is 0 Å². The zero-order chi connectivity index (χ0) is 14.5. The lowest BCUT2D eigenvalue weighted by molar-refractivity contribution is 0.194. The van der Waals surface area contributed by atoms with Crippen LogP contribution in [0.5, 0.6) is 0 Å². The van der Waals surface area contributed by atoms with E-state index in [1.165, 1.54) is 16.8 Å². The van der Waals surface area contributed by atoms with Gasteiger partial charge in [-0.05, 0) is 43.5 Å². The van der Waals surface area contributed by atoms with Gasteiger partial charge in [-0.2, -0.15) is 0 Å². The quantitative estimate of drug-likeness (QED) is 0.920. The number of nitrogens with one attached hydrogen (secondary N) is 1. The van der Waals surface area contributed by atoms with Gasteiger partial charge >= 0.3 is 6.03 Å². The summed E-state index contributed by atoms with van der Waals surface area (Å²) >= 11 is 0. The second kappa shape index (κ2) is 6.64. The molecule has 2 rings (SSSR count).